The van der Waals surface area contributed by atoms with E-state index >= 15 is 0 Å². The Morgan fingerprint density at radius 3 is 2.26 bits per heavy atom. The van der Waals surface area contributed by atoms with Crippen molar-refractivity contribution >= 4 is 22.6 Å². The van der Waals surface area contributed by atoms with Crippen molar-refractivity contribution in [3.63, 3.8) is 0 Å². The van der Waals surface area contributed by atoms with Gasteiger partial charge in [-0.2, -0.15) is 0 Å². The summed E-state index contributed by atoms with van der Waals surface area (Å²) in [7, 11) is 3.27. The van der Waals surface area contributed by atoms with Gasteiger partial charge in [0.2, 0.25) is 0 Å². The summed E-state index contributed by atoms with van der Waals surface area (Å²) in [5, 5.41) is 0. The standard InChI is InChI=1S/C15H16INO2/c1-18-12-7-8-13(14(9-12)19-2)15(17)10-3-5-11(16)6-4-10/h3-9,15H,17H2,1-2H3. The minimum absolute atomic E-state index is 0.210. The first-order chi connectivity index (χ1) is 9.15. The molecule has 0 spiro atoms. The maximum absolute atomic E-state index is 6.31. The molecule has 1 unspecified atom stereocenters. The molecule has 0 radical (unpaired) electrons. The third-order valence-corrected chi connectivity index (χ3v) is 3.72. The van der Waals surface area contributed by atoms with Crippen LogP contribution < -0.4 is 15.2 Å². The zero-order valence-electron chi connectivity index (χ0n) is 10.9. The molecule has 2 aromatic rings. The second-order valence-electron chi connectivity index (χ2n) is 4.14. The number of hydrogen-bond acceptors (Lipinski definition) is 3. The molecule has 2 aromatic carbocycles. The molecule has 0 aliphatic heterocycles. The van der Waals surface area contributed by atoms with Gasteiger partial charge in [-0.05, 0) is 52.4 Å². The lowest BCUT2D eigenvalue weighted by Crippen LogP contribution is -2.13. The number of hydrogen-bond donors (Lipinski definition) is 1. The molecule has 0 amide bonds. The van der Waals surface area contributed by atoms with Crippen molar-refractivity contribution in [1.29, 1.82) is 0 Å². The summed E-state index contributed by atoms with van der Waals surface area (Å²) in [6, 6.07) is 13.6. The quantitative estimate of drug-likeness (QED) is 0.841. The van der Waals surface area contributed by atoms with Crippen molar-refractivity contribution < 1.29 is 9.47 Å². The summed E-state index contributed by atoms with van der Waals surface area (Å²) < 4.78 is 11.8. The maximum Gasteiger partial charge on any atom is 0.127 e. The topological polar surface area (TPSA) is 44.5 Å². The lowest BCUT2D eigenvalue weighted by molar-refractivity contribution is 0.390. The van der Waals surface area contributed by atoms with Crippen LogP contribution in [0.25, 0.3) is 0 Å². The van der Waals surface area contributed by atoms with E-state index in [1.807, 2.05) is 42.5 Å². The molecule has 2 rings (SSSR count). The van der Waals surface area contributed by atoms with Gasteiger partial charge in [-0.3, -0.25) is 0 Å². The van der Waals surface area contributed by atoms with Crippen molar-refractivity contribution in [2.75, 3.05) is 14.2 Å². The third kappa shape index (κ3) is 3.19. The zero-order chi connectivity index (χ0) is 13.8. The van der Waals surface area contributed by atoms with Crippen molar-refractivity contribution in [2.45, 2.75) is 6.04 Å². The van der Waals surface area contributed by atoms with Crippen LogP contribution in [0.5, 0.6) is 11.5 Å². The Morgan fingerprint density at radius 1 is 1.00 bits per heavy atom. The molecule has 19 heavy (non-hydrogen) atoms. The Labute approximate surface area is 126 Å². The average molecular weight is 369 g/mol. The average Bonchev–Trinajstić information content (AvgIpc) is 2.46. The minimum Gasteiger partial charge on any atom is -0.497 e. The van der Waals surface area contributed by atoms with E-state index in [1.165, 1.54) is 3.57 Å². The van der Waals surface area contributed by atoms with E-state index in [2.05, 4.69) is 22.6 Å². The second-order valence-corrected chi connectivity index (χ2v) is 5.38. The Hall–Kier alpha value is -1.27. The summed E-state index contributed by atoms with van der Waals surface area (Å²) in [5.74, 6) is 1.50. The lowest BCUT2D eigenvalue weighted by Gasteiger charge is -2.17. The number of halogens is 1. The van der Waals surface area contributed by atoms with Crippen LogP contribution in [-0.2, 0) is 0 Å². The summed E-state index contributed by atoms with van der Waals surface area (Å²) in [6.45, 7) is 0. The first kappa shape index (κ1) is 14.1. The summed E-state index contributed by atoms with van der Waals surface area (Å²) in [5.41, 5.74) is 8.32. The molecule has 0 fully saturated rings. The van der Waals surface area contributed by atoms with Crippen LogP contribution in [0.1, 0.15) is 17.2 Å². The number of methoxy groups -OCH3 is 2. The number of ether oxygens (including phenoxy) is 2. The van der Waals surface area contributed by atoms with Gasteiger partial charge in [0.25, 0.3) is 0 Å². The van der Waals surface area contributed by atoms with Crippen molar-refractivity contribution in [1.82, 2.24) is 0 Å². The molecule has 2 N–H and O–H groups in total. The molecule has 0 saturated carbocycles. The van der Waals surface area contributed by atoms with Crippen LogP contribution in [0.4, 0.5) is 0 Å². The van der Waals surface area contributed by atoms with Crippen LogP contribution in [0, 0.1) is 3.57 Å². The van der Waals surface area contributed by atoms with E-state index in [-0.39, 0.29) is 6.04 Å². The zero-order valence-corrected chi connectivity index (χ0v) is 13.0. The van der Waals surface area contributed by atoms with E-state index in [9.17, 15) is 0 Å². The molecule has 1 atom stereocenters. The molecular formula is C15H16INO2. The molecule has 3 nitrogen and oxygen atoms in total. The highest BCUT2D eigenvalue weighted by Crippen LogP contribution is 2.31. The molecule has 0 aliphatic rings. The minimum atomic E-state index is -0.210. The monoisotopic (exact) mass is 369 g/mol. The van der Waals surface area contributed by atoms with Crippen LogP contribution in [0.3, 0.4) is 0 Å². The molecule has 0 aliphatic carbocycles. The van der Waals surface area contributed by atoms with E-state index < -0.39 is 0 Å². The molecule has 0 aromatic heterocycles. The third-order valence-electron chi connectivity index (χ3n) is 3.00. The van der Waals surface area contributed by atoms with Crippen molar-refractivity contribution in [3.8, 4) is 11.5 Å². The number of nitrogens with two attached hydrogens (primary N) is 1. The van der Waals surface area contributed by atoms with Gasteiger partial charge in [0.15, 0.2) is 0 Å². The summed E-state index contributed by atoms with van der Waals surface area (Å²) in [6.07, 6.45) is 0. The van der Waals surface area contributed by atoms with Crippen LogP contribution in [-0.4, -0.2) is 14.2 Å². The fourth-order valence-electron chi connectivity index (χ4n) is 1.93. The fourth-order valence-corrected chi connectivity index (χ4v) is 2.28. The summed E-state index contributed by atoms with van der Waals surface area (Å²) in [4.78, 5) is 0. The van der Waals surface area contributed by atoms with Gasteiger partial charge in [-0.1, -0.05) is 12.1 Å². The normalized spacial score (nSPS) is 12.0. The highest BCUT2D eigenvalue weighted by Gasteiger charge is 2.14. The fraction of sp³-hybridized carbons (Fsp3) is 0.200. The Kier molecular flexibility index (Phi) is 4.66. The van der Waals surface area contributed by atoms with Gasteiger partial charge in [0.1, 0.15) is 11.5 Å². The van der Waals surface area contributed by atoms with E-state index in [4.69, 9.17) is 15.2 Å². The predicted molar refractivity (Wildman–Crippen MR) is 84.7 cm³/mol. The molecule has 0 heterocycles. The van der Waals surface area contributed by atoms with Crippen molar-refractivity contribution in [2.24, 2.45) is 5.73 Å². The highest BCUT2D eigenvalue weighted by atomic mass is 127. The smallest absolute Gasteiger partial charge is 0.127 e. The van der Waals surface area contributed by atoms with Gasteiger partial charge >= 0.3 is 0 Å². The van der Waals surface area contributed by atoms with Crippen LogP contribution in [0.2, 0.25) is 0 Å². The Morgan fingerprint density at radius 2 is 1.68 bits per heavy atom. The number of rotatable bonds is 4. The van der Waals surface area contributed by atoms with E-state index in [0.29, 0.717) is 0 Å². The second kappa shape index (κ2) is 6.25. The molecule has 0 saturated heterocycles. The van der Waals surface area contributed by atoms with Crippen molar-refractivity contribution in [3.05, 3.63) is 57.2 Å². The predicted octanol–water partition coefficient (Wildman–Crippen LogP) is 3.36. The van der Waals surface area contributed by atoms with Crippen LogP contribution in [0.15, 0.2) is 42.5 Å². The number of benzene rings is 2. The maximum atomic E-state index is 6.31. The van der Waals surface area contributed by atoms with Crippen LogP contribution >= 0.6 is 22.6 Å². The SMILES string of the molecule is COc1ccc(C(N)c2ccc(I)cc2)c(OC)c1. The van der Waals surface area contributed by atoms with E-state index in [0.717, 1.165) is 22.6 Å². The van der Waals surface area contributed by atoms with Gasteiger partial charge in [0.05, 0.1) is 20.3 Å². The first-order valence-corrected chi connectivity index (χ1v) is 6.96. The highest BCUT2D eigenvalue weighted by molar-refractivity contribution is 14.1. The van der Waals surface area contributed by atoms with E-state index in [1.54, 1.807) is 14.2 Å². The van der Waals surface area contributed by atoms with Gasteiger partial charge < -0.3 is 15.2 Å². The van der Waals surface area contributed by atoms with Gasteiger partial charge in [-0.25, -0.2) is 0 Å². The lowest BCUT2D eigenvalue weighted by atomic mass is 9.98. The molecule has 100 valence electrons. The molecule has 0 bridgehead atoms. The van der Waals surface area contributed by atoms with Gasteiger partial charge in [-0.15, -0.1) is 0 Å². The Bertz CT molecular complexity index is 555. The molecule has 4 heteroatoms. The molecular weight excluding hydrogens is 353 g/mol. The summed E-state index contributed by atoms with van der Waals surface area (Å²) >= 11 is 2.28. The first-order valence-electron chi connectivity index (χ1n) is 5.88. The largest absolute Gasteiger partial charge is 0.497 e. The Balaban J connectivity index is 2.37. The van der Waals surface area contributed by atoms with Gasteiger partial charge in [0, 0.05) is 15.2 Å².